The molecule has 0 saturated carbocycles. The van der Waals surface area contributed by atoms with Crippen LogP contribution >= 0.6 is 0 Å². The number of nitrogens with one attached hydrogen (secondary N) is 1. The molecule has 86 valence electrons. The number of aliphatic carboxylic acids is 3. The second-order valence-electron chi connectivity index (χ2n) is 2.98. The molecule has 1 unspecified atom stereocenters. The maximum atomic E-state index is 10.5. The lowest BCUT2D eigenvalue weighted by Crippen LogP contribution is -2.31. The molecule has 0 bridgehead atoms. The molecule has 7 heteroatoms. The molecule has 0 rings (SSSR count). The molecular weight excluding hydrogens is 206 g/mol. The Morgan fingerprint density at radius 2 is 1.67 bits per heavy atom. The smallest absolute Gasteiger partial charge is 0.308 e. The molecular formula is C8H13NO6. The van der Waals surface area contributed by atoms with Crippen LogP contribution in [0.1, 0.15) is 12.8 Å². The highest BCUT2D eigenvalue weighted by Crippen LogP contribution is 2.01. The minimum absolute atomic E-state index is 0.0467. The molecule has 0 radical (unpaired) electrons. The van der Waals surface area contributed by atoms with Gasteiger partial charge in [0.2, 0.25) is 0 Å². The van der Waals surface area contributed by atoms with E-state index in [2.05, 4.69) is 5.32 Å². The Kier molecular flexibility index (Phi) is 6.03. The summed E-state index contributed by atoms with van der Waals surface area (Å²) < 4.78 is 0. The van der Waals surface area contributed by atoms with Crippen molar-refractivity contribution in [2.45, 2.75) is 12.8 Å². The van der Waals surface area contributed by atoms with Gasteiger partial charge in [-0.15, -0.1) is 0 Å². The molecule has 0 aromatic rings. The van der Waals surface area contributed by atoms with Crippen LogP contribution in [-0.4, -0.2) is 46.3 Å². The van der Waals surface area contributed by atoms with E-state index in [0.29, 0.717) is 0 Å². The van der Waals surface area contributed by atoms with Crippen LogP contribution in [0, 0.1) is 5.92 Å². The van der Waals surface area contributed by atoms with Gasteiger partial charge in [-0.2, -0.15) is 0 Å². The fourth-order valence-corrected chi connectivity index (χ4v) is 0.929. The number of carbonyl (C=O) groups is 3. The van der Waals surface area contributed by atoms with Crippen LogP contribution in [0.15, 0.2) is 0 Å². The average molecular weight is 219 g/mol. The molecule has 0 aliphatic heterocycles. The molecule has 0 spiro atoms. The largest absolute Gasteiger partial charge is 0.481 e. The highest BCUT2D eigenvalue weighted by Gasteiger charge is 2.20. The van der Waals surface area contributed by atoms with E-state index in [1.54, 1.807) is 0 Å². The van der Waals surface area contributed by atoms with E-state index < -0.39 is 30.2 Å². The zero-order valence-corrected chi connectivity index (χ0v) is 7.97. The van der Waals surface area contributed by atoms with Gasteiger partial charge in [-0.25, -0.2) is 0 Å². The first-order valence-corrected chi connectivity index (χ1v) is 4.30. The van der Waals surface area contributed by atoms with E-state index in [-0.39, 0.29) is 19.5 Å². The monoisotopic (exact) mass is 219 g/mol. The topological polar surface area (TPSA) is 124 Å². The van der Waals surface area contributed by atoms with Crippen molar-refractivity contribution in [3.63, 3.8) is 0 Å². The lowest BCUT2D eigenvalue weighted by molar-refractivity contribution is -0.148. The summed E-state index contributed by atoms with van der Waals surface area (Å²) in [5, 5.41) is 27.9. The molecule has 0 amide bonds. The molecule has 0 aliphatic carbocycles. The maximum Gasteiger partial charge on any atom is 0.308 e. The van der Waals surface area contributed by atoms with Gasteiger partial charge in [0.1, 0.15) is 0 Å². The molecule has 7 nitrogen and oxygen atoms in total. The van der Waals surface area contributed by atoms with Crippen molar-refractivity contribution in [1.82, 2.24) is 5.32 Å². The van der Waals surface area contributed by atoms with E-state index in [0.717, 1.165) is 0 Å². The van der Waals surface area contributed by atoms with Crippen LogP contribution in [-0.2, 0) is 14.4 Å². The zero-order chi connectivity index (χ0) is 11.8. The second-order valence-corrected chi connectivity index (χ2v) is 2.98. The quantitative estimate of drug-likeness (QED) is 0.395. The van der Waals surface area contributed by atoms with Crippen LogP contribution in [0.5, 0.6) is 0 Å². The molecule has 4 N–H and O–H groups in total. The van der Waals surface area contributed by atoms with Crippen molar-refractivity contribution < 1.29 is 29.7 Å². The fraction of sp³-hybridized carbons (Fsp3) is 0.625. The molecule has 15 heavy (non-hydrogen) atoms. The normalized spacial score (nSPS) is 12.0. The van der Waals surface area contributed by atoms with Crippen molar-refractivity contribution in [3.8, 4) is 0 Å². The van der Waals surface area contributed by atoms with Crippen LogP contribution < -0.4 is 5.32 Å². The van der Waals surface area contributed by atoms with Crippen molar-refractivity contribution >= 4 is 17.9 Å². The summed E-state index contributed by atoms with van der Waals surface area (Å²) in [6, 6.07) is 0. The number of carboxylic acids is 3. The van der Waals surface area contributed by atoms with Gasteiger partial charge in [0.25, 0.3) is 0 Å². The van der Waals surface area contributed by atoms with Gasteiger partial charge in [-0.3, -0.25) is 14.4 Å². The standard InChI is InChI=1S/C8H13NO6/c10-6(11)1-2-9-4-5(8(14)15)3-7(12)13/h5,9H,1-4H2,(H,10,11)(H,12,13)(H,14,15). The van der Waals surface area contributed by atoms with Gasteiger partial charge in [-0.1, -0.05) is 0 Å². The van der Waals surface area contributed by atoms with E-state index in [1.165, 1.54) is 0 Å². The number of hydrogen-bond donors (Lipinski definition) is 4. The van der Waals surface area contributed by atoms with Crippen molar-refractivity contribution in [2.24, 2.45) is 5.92 Å². The number of rotatable bonds is 8. The number of carboxylic acid groups (broad SMARTS) is 3. The molecule has 0 aromatic heterocycles. The first-order chi connectivity index (χ1) is 6.93. The first kappa shape index (κ1) is 13.4. The summed E-state index contributed by atoms with van der Waals surface area (Å²) in [6.07, 6.45) is -0.602. The third-order valence-electron chi connectivity index (χ3n) is 1.68. The van der Waals surface area contributed by atoms with E-state index in [9.17, 15) is 14.4 Å². The van der Waals surface area contributed by atoms with E-state index in [4.69, 9.17) is 15.3 Å². The summed E-state index contributed by atoms with van der Waals surface area (Å²) in [4.78, 5) is 30.9. The predicted octanol–water partition coefficient (Wildman–Crippen LogP) is -0.774. The van der Waals surface area contributed by atoms with Gasteiger partial charge in [0.15, 0.2) is 0 Å². The lowest BCUT2D eigenvalue weighted by Gasteiger charge is -2.10. The fourth-order valence-electron chi connectivity index (χ4n) is 0.929. The minimum Gasteiger partial charge on any atom is -0.481 e. The van der Waals surface area contributed by atoms with Crippen LogP contribution in [0.25, 0.3) is 0 Å². The molecule has 0 saturated heterocycles. The Balaban J connectivity index is 3.81. The Hall–Kier alpha value is -1.63. The lowest BCUT2D eigenvalue weighted by atomic mass is 10.1. The third kappa shape index (κ3) is 7.44. The molecule has 0 fully saturated rings. The van der Waals surface area contributed by atoms with Crippen molar-refractivity contribution in [2.75, 3.05) is 13.1 Å². The molecule has 0 aromatic carbocycles. The van der Waals surface area contributed by atoms with E-state index in [1.807, 2.05) is 0 Å². The highest BCUT2D eigenvalue weighted by atomic mass is 16.4. The summed E-state index contributed by atoms with van der Waals surface area (Å²) in [5.41, 5.74) is 0. The predicted molar refractivity (Wildman–Crippen MR) is 48.5 cm³/mol. The second kappa shape index (κ2) is 6.77. The summed E-state index contributed by atoms with van der Waals surface area (Å²) >= 11 is 0. The summed E-state index contributed by atoms with van der Waals surface area (Å²) in [7, 11) is 0. The van der Waals surface area contributed by atoms with E-state index >= 15 is 0 Å². The van der Waals surface area contributed by atoms with Crippen LogP contribution in [0.4, 0.5) is 0 Å². The van der Waals surface area contributed by atoms with Crippen LogP contribution in [0.3, 0.4) is 0 Å². The van der Waals surface area contributed by atoms with Crippen LogP contribution in [0.2, 0.25) is 0 Å². The SMILES string of the molecule is O=C(O)CCNCC(CC(=O)O)C(=O)O. The van der Waals surface area contributed by atoms with Crippen molar-refractivity contribution in [3.05, 3.63) is 0 Å². The van der Waals surface area contributed by atoms with Gasteiger partial charge in [0, 0.05) is 13.1 Å². The highest BCUT2D eigenvalue weighted by molar-refractivity contribution is 5.77. The molecule has 0 heterocycles. The Bertz CT molecular complexity index is 252. The first-order valence-electron chi connectivity index (χ1n) is 4.30. The van der Waals surface area contributed by atoms with Crippen molar-refractivity contribution in [1.29, 1.82) is 0 Å². The molecule has 0 aliphatic rings. The van der Waals surface area contributed by atoms with Gasteiger partial charge in [-0.05, 0) is 0 Å². The summed E-state index contributed by atoms with van der Waals surface area (Å²) in [6.45, 7) is 0.0770. The summed E-state index contributed by atoms with van der Waals surface area (Å²) in [5.74, 6) is -4.42. The van der Waals surface area contributed by atoms with Gasteiger partial charge < -0.3 is 20.6 Å². The average Bonchev–Trinajstić information content (AvgIpc) is 2.08. The zero-order valence-electron chi connectivity index (χ0n) is 7.97. The Labute approximate surface area is 85.7 Å². The minimum atomic E-state index is -1.21. The Morgan fingerprint density at radius 1 is 1.07 bits per heavy atom. The third-order valence-corrected chi connectivity index (χ3v) is 1.68. The molecule has 1 atom stereocenters. The maximum absolute atomic E-state index is 10.5. The number of hydrogen-bond acceptors (Lipinski definition) is 4. The van der Waals surface area contributed by atoms with Gasteiger partial charge in [0.05, 0.1) is 18.8 Å². The van der Waals surface area contributed by atoms with Gasteiger partial charge >= 0.3 is 17.9 Å². The Morgan fingerprint density at radius 3 is 2.07 bits per heavy atom.